The topological polar surface area (TPSA) is 55.8 Å². The molecule has 1 N–H and O–H groups in total. The van der Waals surface area contributed by atoms with Crippen LogP contribution >= 0.6 is 0 Å². The minimum absolute atomic E-state index is 0.195. The van der Waals surface area contributed by atoms with E-state index in [2.05, 4.69) is 0 Å². The first-order chi connectivity index (χ1) is 10.6. The van der Waals surface area contributed by atoms with E-state index in [1.165, 1.54) is 0 Å². The molecule has 0 spiro atoms. The zero-order valence-corrected chi connectivity index (χ0v) is 12.8. The molecule has 0 aliphatic rings. The molecule has 4 heteroatoms. The Kier molecular flexibility index (Phi) is 5.42. The molecule has 0 aliphatic heterocycles. The second-order valence-corrected chi connectivity index (χ2v) is 5.04. The fourth-order valence-corrected chi connectivity index (χ4v) is 2.15. The maximum Gasteiger partial charge on any atom is 0.339 e. The number of carboxylic acid groups (broad SMARTS) is 1. The molecule has 0 atom stereocenters. The SMILES string of the molecule is CCCOc1cc(OCc2ccccc2)cc(C)c1C(=O)O. The number of rotatable bonds is 7. The normalized spacial score (nSPS) is 10.3. The van der Waals surface area contributed by atoms with E-state index in [-0.39, 0.29) is 5.56 Å². The van der Waals surface area contributed by atoms with Crippen molar-refractivity contribution in [1.82, 2.24) is 0 Å². The third-order valence-electron chi connectivity index (χ3n) is 3.20. The van der Waals surface area contributed by atoms with Gasteiger partial charge in [-0.05, 0) is 30.5 Å². The second kappa shape index (κ2) is 7.50. The van der Waals surface area contributed by atoms with Gasteiger partial charge in [0.05, 0.1) is 6.61 Å². The first kappa shape index (κ1) is 15.9. The molecule has 0 heterocycles. The summed E-state index contributed by atoms with van der Waals surface area (Å²) < 4.78 is 11.3. The van der Waals surface area contributed by atoms with Crippen LogP contribution in [0.1, 0.15) is 34.8 Å². The van der Waals surface area contributed by atoms with Gasteiger partial charge in [0.2, 0.25) is 0 Å². The van der Waals surface area contributed by atoms with Gasteiger partial charge in [0.25, 0.3) is 0 Å². The molecule has 0 unspecified atom stereocenters. The Morgan fingerprint density at radius 3 is 2.50 bits per heavy atom. The second-order valence-electron chi connectivity index (χ2n) is 5.04. The van der Waals surface area contributed by atoms with Gasteiger partial charge in [-0.1, -0.05) is 37.3 Å². The molecule has 116 valence electrons. The van der Waals surface area contributed by atoms with Crippen LogP contribution in [0.25, 0.3) is 0 Å². The summed E-state index contributed by atoms with van der Waals surface area (Å²) in [5, 5.41) is 9.32. The summed E-state index contributed by atoms with van der Waals surface area (Å²) in [6.07, 6.45) is 0.813. The highest BCUT2D eigenvalue weighted by molar-refractivity contribution is 5.93. The molecule has 0 fully saturated rings. The number of aromatic carboxylic acids is 1. The monoisotopic (exact) mass is 300 g/mol. The lowest BCUT2D eigenvalue weighted by atomic mass is 10.1. The Morgan fingerprint density at radius 2 is 1.86 bits per heavy atom. The molecular formula is C18H20O4. The van der Waals surface area contributed by atoms with E-state index in [1.807, 2.05) is 37.3 Å². The molecule has 0 saturated carbocycles. The first-order valence-electron chi connectivity index (χ1n) is 7.29. The standard InChI is InChI=1S/C18H20O4/c1-3-9-21-16-11-15(10-13(2)17(16)18(19)20)22-12-14-7-5-4-6-8-14/h4-8,10-11H,3,9,12H2,1-2H3,(H,19,20). The summed E-state index contributed by atoms with van der Waals surface area (Å²) in [6.45, 7) is 4.63. The quantitative estimate of drug-likeness (QED) is 0.837. The van der Waals surface area contributed by atoms with E-state index < -0.39 is 5.97 Å². The smallest absolute Gasteiger partial charge is 0.339 e. The summed E-state index contributed by atoms with van der Waals surface area (Å²) in [7, 11) is 0. The number of carbonyl (C=O) groups is 1. The van der Waals surface area contributed by atoms with Crippen molar-refractivity contribution in [3.63, 3.8) is 0 Å². The predicted octanol–water partition coefficient (Wildman–Crippen LogP) is 4.06. The lowest BCUT2D eigenvalue weighted by Gasteiger charge is -2.14. The van der Waals surface area contributed by atoms with Gasteiger partial charge >= 0.3 is 5.97 Å². The Morgan fingerprint density at radius 1 is 1.14 bits per heavy atom. The molecular weight excluding hydrogens is 280 g/mol. The highest BCUT2D eigenvalue weighted by Crippen LogP contribution is 2.29. The first-order valence-corrected chi connectivity index (χ1v) is 7.29. The fourth-order valence-electron chi connectivity index (χ4n) is 2.15. The number of ether oxygens (including phenoxy) is 2. The molecule has 0 aliphatic carbocycles. The predicted molar refractivity (Wildman–Crippen MR) is 84.7 cm³/mol. The summed E-state index contributed by atoms with van der Waals surface area (Å²) in [5.74, 6) is -0.0203. The van der Waals surface area contributed by atoms with Crippen molar-refractivity contribution in [1.29, 1.82) is 0 Å². The molecule has 0 bridgehead atoms. The minimum Gasteiger partial charge on any atom is -0.493 e. The van der Waals surface area contributed by atoms with Gasteiger partial charge in [0, 0.05) is 6.07 Å². The van der Waals surface area contributed by atoms with Gasteiger partial charge in [0.1, 0.15) is 23.7 Å². The van der Waals surface area contributed by atoms with Gasteiger partial charge in [0.15, 0.2) is 0 Å². The van der Waals surface area contributed by atoms with E-state index in [4.69, 9.17) is 9.47 Å². The van der Waals surface area contributed by atoms with Crippen LogP contribution in [-0.2, 0) is 6.61 Å². The third-order valence-corrected chi connectivity index (χ3v) is 3.20. The van der Waals surface area contributed by atoms with E-state index in [9.17, 15) is 9.90 Å². The van der Waals surface area contributed by atoms with Gasteiger partial charge in [-0.3, -0.25) is 0 Å². The van der Waals surface area contributed by atoms with Gasteiger partial charge in [-0.15, -0.1) is 0 Å². The van der Waals surface area contributed by atoms with E-state index in [0.29, 0.717) is 30.3 Å². The Hall–Kier alpha value is -2.49. The lowest BCUT2D eigenvalue weighted by Crippen LogP contribution is -2.07. The largest absolute Gasteiger partial charge is 0.493 e. The van der Waals surface area contributed by atoms with E-state index >= 15 is 0 Å². The summed E-state index contributed by atoms with van der Waals surface area (Å²) in [6, 6.07) is 13.2. The number of carboxylic acids is 1. The Balaban J connectivity index is 2.21. The van der Waals surface area contributed by atoms with Crippen molar-refractivity contribution in [3.05, 3.63) is 59.2 Å². The van der Waals surface area contributed by atoms with Crippen LogP contribution in [0.4, 0.5) is 0 Å². The molecule has 2 rings (SSSR count). The average Bonchev–Trinajstić information content (AvgIpc) is 2.51. The molecule has 0 aromatic heterocycles. The van der Waals surface area contributed by atoms with Crippen LogP contribution < -0.4 is 9.47 Å². The van der Waals surface area contributed by atoms with Crippen molar-refractivity contribution in [2.75, 3.05) is 6.61 Å². The third kappa shape index (κ3) is 4.01. The van der Waals surface area contributed by atoms with Crippen molar-refractivity contribution in [2.45, 2.75) is 26.9 Å². The van der Waals surface area contributed by atoms with Crippen molar-refractivity contribution >= 4 is 5.97 Å². The fraction of sp³-hybridized carbons (Fsp3) is 0.278. The lowest BCUT2D eigenvalue weighted by molar-refractivity contribution is 0.0691. The van der Waals surface area contributed by atoms with Gasteiger partial charge < -0.3 is 14.6 Å². The zero-order valence-electron chi connectivity index (χ0n) is 12.8. The van der Waals surface area contributed by atoms with Crippen molar-refractivity contribution in [2.24, 2.45) is 0 Å². The molecule has 2 aromatic rings. The highest BCUT2D eigenvalue weighted by atomic mass is 16.5. The Labute approximate surface area is 130 Å². The van der Waals surface area contributed by atoms with Crippen LogP contribution in [-0.4, -0.2) is 17.7 Å². The maximum atomic E-state index is 11.4. The molecule has 0 saturated heterocycles. The van der Waals surface area contributed by atoms with E-state index in [1.54, 1.807) is 19.1 Å². The zero-order chi connectivity index (χ0) is 15.9. The molecule has 22 heavy (non-hydrogen) atoms. The van der Waals surface area contributed by atoms with Gasteiger partial charge in [-0.2, -0.15) is 0 Å². The Bertz CT molecular complexity index is 635. The van der Waals surface area contributed by atoms with Crippen LogP contribution in [0.5, 0.6) is 11.5 Å². The summed E-state index contributed by atoms with van der Waals surface area (Å²) in [4.78, 5) is 11.4. The van der Waals surface area contributed by atoms with Crippen molar-refractivity contribution < 1.29 is 19.4 Å². The van der Waals surface area contributed by atoms with Crippen LogP contribution in [0.3, 0.4) is 0 Å². The maximum absolute atomic E-state index is 11.4. The van der Waals surface area contributed by atoms with Crippen molar-refractivity contribution in [3.8, 4) is 11.5 Å². The summed E-state index contributed by atoms with van der Waals surface area (Å²) >= 11 is 0. The molecule has 4 nitrogen and oxygen atoms in total. The molecule has 0 amide bonds. The summed E-state index contributed by atoms with van der Waals surface area (Å²) in [5.41, 5.74) is 1.88. The highest BCUT2D eigenvalue weighted by Gasteiger charge is 2.16. The number of hydrogen-bond acceptors (Lipinski definition) is 3. The molecule has 2 aromatic carbocycles. The minimum atomic E-state index is -0.988. The van der Waals surface area contributed by atoms with E-state index in [0.717, 1.165) is 12.0 Å². The van der Waals surface area contributed by atoms with Crippen LogP contribution in [0.15, 0.2) is 42.5 Å². The average molecular weight is 300 g/mol. The molecule has 0 radical (unpaired) electrons. The number of hydrogen-bond donors (Lipinski definition) is 1. The number of benzene rings is 2. The van der Waals surface area contributed by atoms with Gasteiger partial charge in [-0.25, -0.2) is 4.79 Å². The number of aryl methyl sites for hydroxylation is 1. The van der Waals surface area contributed by atoms with Crippen LogP contribution in [0, 0.1) is 6.92 Å². The van der Waals surface area contributed by atoms with Crippen LogP contribution in [0.2, 0.25) is 0 Å².